The van der Waals surface area contributed by atoms with Crippen molar-refractivity contribution in [2.24, 2.45) is 18.9 Å². The Hall–Kier alpha value is -3.35. The number of aromatic nitrogens is 6. The predicted octanol–water partition coefficient (Wildman–Crippen LogP) is 2.56. The first kappa shape index (κ1) is 20.1. The van der Waals surface area contributed by atoms with Crippen LogP contribution >= 0.6 is 11.8 Å². The molecule has 8 rings (SSSR count). The molecule has 3 aromatic heterocycles. The maximum absolute atomic E-state index is 12.8. The van der Waals surface area contributed by atoms with Crippen LogP contribution in [0.5, 0.6) is 0 Å². The van der Waals surface area contributed by atoms with Crippen LogP contribution in [0.25, 0.3) is 11.2 Å². The van der Waals surface area contributed by atoms with Gasteiger partial charge in [-0.1, -0.05) is 11.2 Å². The van der Waals surface area contributed by atoms with E-state index in [2.05, 4.69) is 25.0 Å². The first-order valence-corrected chi connectivity index (χ1v) is 11.4. The summed E-state index contributed by atoms with van der Waals surface area (Å²) in [6, 6.07) is 6.70. The van der Waals surface area contributed by atoms with Crippen molar-refractivity contribution in [2.75, 3.05) is 11.4 Å². The molecule has 5 heterocycles. The molecule has 1 unspecified atom stereocenters. The summed E-state index contributed by atoms with van der Waals surface area (Å²) in [6.07, 6.45) is 2.95. The molecular weight excluding hydrogens is 471 g/mol. The molecule has 1 aromatic carbocycles. The van der Waals surface area contributed by atoms with Crippen LogP contribution in [0.3, 0.4) is 0 Å². The second-order valence-electron chi connectivity index (χ2n) is 8.92. The van der Waals surface area contributed by atoms with Crippen molar-refractivity contribution in [2.45, 2.75) is 28.4 Å². The highest BCUT2D eigenvalue weighted by Gasteiger charge is 2.95. The third-order valence-corrected chi connectivity index (χ3v) is 7.90. The topological polar surface area (TPSA) is 94.9 Å². The fourth-order valence-electron chi connectivity index (χ4n) is 5.69. The maximum atomic E-state index is 12.8. The molecule has 0 N–H and O–H groups in total. The number of aryl methyl sites for hydroxylation is 1. The number of hydrogen-bond donors (Lipinski definition) is 0. The van der Waals surface area contributed by atoms with E-state index in [1.807, 2.05) is 6.07 Å². The van der Waals surface area contributed by atoms with Gasteiger partial charge in [-0.25, -0.2) is 9.97 Å². The number of rotatable bonds is 5. The summed E-state index contributed by atoms with van der Waals surface area (Å²) in [5.41, 5.74) is -3.23. The zero-order valence-corrected chi connectivity index (χ0v) is 18.4. The number of thioether (sulfide) groups is 1. The van der Waals surface area contributed by atoms with Crippen LogP contribution in [-0.4, -0.2) is 47.3 Å². The SMILES string of the molecule is Cn1cnc2ncn(Cc3nc([C@@]45C6[C@H]4[C@H]5CN6c4cccc(SC(F)(F)F)c4)no3)c(=O)c21. The average molecular weight is 487 g/mol. The number of fused-ring (bicyclic) bond motifs is 2. The molecule has 2 saturated carbocycles. The highest BCUT2D eigenvalue weighted by atomic mass is 32.2. The van der Waals surface area contributed by atoms with Gasteiger partial charge in [0.15, 0.2) is 17.0 Å². The first-order chi connectivity index (χ1) is 16.3. The quantitative estimate of drug-likeness (QED) is 0.397. The summed E-state index contributed by atoms with van der Waals surface area (Å²) in [5, 5.41) is 4.20. The molecule has 2 aliphatic heterocycles. The van der Waals surface area contributed by atoms with Crippen molar-refractivity contribution in [3.05, 3.63) is 59.0 Å². The van der Waals surface area contributed by atoms with Gasteiger partial charge in [0.2, 0.25) is 5.89 Å². The molecule has 2 bridgehead atoms. The summed E-state index contributed by atoms with van der Waals surface area (Å²) in [7, 11) is 1.73. The smallest absolute Gasteiger partial charge is 0.367 e. The monoisotopic (exact) mass is 487 g/mol. The Morgan fingerprint density at radius 2 is 2.09 bits per heavy atom. The van der Waals surface area contributed by atoms with E-state index in [9.17, 15) is 18.0 Å². The van der Waals surface area contributed by atoms with Gasteiger partial charge in [-0.15, -0.1) is 0 Å². The number of halogens is 3. The van der Waals surface area contributed by atoms with E-state index in [4.69, 9.17) is 4.52 Å². The zero-order chi connectivity index (χ0) is 23.4. The number of imidazole rings is 1. The van der Waals surface area contributed by atoms with E-state index in [-0.39, 0.29) is 40.2 Å². The van der Waals surface area contributed by atoms with E-state index < -0.39 is 5.51 Å². The summed E-state index contributed by atoms with van der Waals surface area (Å²) < 4.78 is 46.8. The number of piperidine rings is 1. The lowest BCUT2D eigenvalue weighted by molar-refractivity contribution is -0.0328. The fourth-order valence-corrected chi connectivity index (χ4v) is 6.28. The molecule has 2 aliphatic carbocycles. The molecule has 4 fully saturated rings. The fraction of sp³-hybridized carbons (Fsp3) is 0.381. The summed E-state index contributed by atoms with van der Waals surface area (Å²) in [6.45, 7) is 0.844. The van der Waals surface area contributed by atoms with Gasteiger partial charge < -0.3 is 14.0 Å². The van der Waals surface area contributed by atoms with Crippen molar-refractivity contribution in [3.63, 3.8) is 0 Å². The van der Waals surface area contributed by atoms with Crippen LogP contribution < -0.4 is 10.5 Å². The summed E-state index contributed by atoms with van der Waals surface area (Å²) in [5.74, 6) is 1.65. The number of nitrogens with zero attached hydrogens (tertiary/aromatic N) is 7. The Balaban J connectivity index is 1.12. The van der Waals surface area contributed by atoms with Crippen LogP contribution in [-0.2, 0) is 19.0 Å². The van der Waals surface area contributed by atoms with Crippen LogP contribution in [0.2, 0.25) is 0 Å². The number of anilines is 1. The molecule has 34 heavy (non-hydrogen) atoms. The molecule has 174 valence electrons. The van der Waals surface area contributed by atoms with Gasteiger partial charge in [-0.3, -0.25) is 9.36 Å². The van der Waals surface area contributed by atoms with Crippen molar-refractivity contribution in [1.29, 1.82) is 0 Å². The van der Waals surface area contributed by atoms with Crippen LogP contribution in [0.1, 0.15) is 11.7 Å². The van der Waals surface area contributed by atoms with E-state index in [1.165, 1.54) is 23.3 Å². The van der Waals surface area contributed by atoms with Gasteiger partial charge in [-0.2, -0.15) is 18.2 Å². The first-order valence-electron chi connectivity index (χ1n) is 10.6. The standard InChI is InChI=1S/C21H16F3N7O2S/c1-29-8-25-17-15(29)18(32)30(9-26-17)7-13-27-19(28-33-13)20-12-6-31(16(20)14(12)20)10-3-2-4-11(5-10)34-21(22,23)24/h2-5,8-9,12,14,16H,6-7H2,1H3/t12-,14-,16?,20-/m1/s1. The molecular formula is C21H16F3N7O2S. The Morgan fingerprint density at radius 1 is 1.26 bits per heavy atom. The molecule has 0 spiro atoms. The third-order valence-electron chi connectivity index (χ3n) is 7.18. The maximum Gasteiger partial charge on any atom is 0.446 e. The van der Waals surface area contributed by atoms with Crippen molar-refractivity contribution in [1.82, 2.24) is 29.2 Å². The number of hydrogen-bond acceptors (Lipinski definition) is 8. The van der Waals surface area contributed by atoms with Gasteiger partial charge >= 0.3 is 5.51 Å². The Labute approximate surface area is 193 Å². The van der Waals surface area contributed by atoms with Crippen LogP contribution in [0, 0.1) is 11.8 Å². The Kier molecular flexibility index (Phi) is 3.78. The molecule has 0 radical (unpaired) electrons. The third kappa shape index (κ3) is 2.67. The zero-order valence-electron chi connectivity index (χ0n) is 17.6. The van der Waals surface area contributed by atoms with Gasteiger partial charge in [-0.05, 0) is 35.9 Å². The minimum absolute atomic E-state index is 0.0937. The van der Waals surface area contributed by atoms with E-state index in [0.29, 0.717) is 34.7 Å². The molecule has 0 amide bonds. The summed E-state index contributed by atoms with van der Waals surface area (Å²) >= 11 is -0.107. The minimum atomic E-state index is -4.32. The minimum Gasteiger partial charge on any atom is -0.367 e. The van der Waals surface area contributed by atoms with Crippen molar-refractivity contribution in [3.8, 4) is 0 Å². The van der Waals surface area contributed by atoms with Crippen molar-refractivity contribution >= 4 is 28.6 Å². The van der Waals surface area contributed by atoms with E-state index in [1.54, 1.807) is 23.7 Å². The van der Waals surface area contributed by atoms with Crippen LogP contribution in [0.15, 0.2) is 51.1 Å². The van der Waals surface area contributed by atoms with E-state index >= 15 is 0 Å². The molecule has 4 atom stereocenters. The van der Waals surface area contributed by atoms with Crippen LogP contribution in [0.4, 0.5) is 18.9 Å². The van der Waals surface area contributed by atoms with E-state index in [0.717, 1.165) is 12.2 Å². The van der Waals surface area contributed by atoms with Gasteiger partial charge in [0.05, 0.1) is 11.7 Å². The summed E-state index contributed by atoms with van der Waals surface area (Å²) in [4.78, 5) is 27.9. The van der Waals surface area contributed by atoms with Gasteiger partial charge in [0, 0.05) is 36.1 Å². The second kappa shape index (κ2) is 6.40. The molecule has 2 saturated heterocycles. The Morgan fingerprint density at radius 3 is 2.88 bits per heavy atom. The molecule has 4 aromatic rings. The highest BCUT2D eigenvalue weighted by Crippen LogP contribution is 2.85. The molecule has 13 heteroatoms. The highest BCUT2D eigenvalue weighted by molar-refractivity contribution is 8.00. The molecule has 9 nitrogen and oxygen atoms in total. The molecule has 4 aliphatic rings. The van der Waals surface area contributed by atoms with Gasteiger partial charge in [0.1, 0.15) is 12.9 Å². The normalized spacial score (nSPS) is 26.8. The van der Waals surface area contributed by atoms with Gasteiger partial charge in [0.25, 0.3) is 5.56 Å². The number of benzene rings is 1. The number of alkyl halides is 3. The van der Waals surface area contributed by atoms with Crippen molar-refractivity contribution < 1.29 is 17.7 Å². The lowest BCUT2D eigenvalue weighted by atomic mass is 10.1. The second-order valence-corrected chi connectivity index (χ2v) is 10.1. The average Bonchev–Trinajstić information content (AvgIpc) is 3.23. The Bertz CT molecular complexity index is 1520. The largest absolute Gasteiger partial charge is 0.446 e. The lowest BCUT2D eigenvalue weighted by Gasteiger charge is -2.19. The predicted molar refractivity (Wildman–Crippen MR) is 114 cm³/mol. The lowest BCUT2D eigenvalue weighted by Crippen LogP contribution is -2.23.